The van der Waals surface area contributed by atoms with Crippen LogP contribution >= 0.6 is 0 Å². The third-order valence-corrected chi connectivity index (χ3v) is 3.81. The zero-order chi connectivity index (χ0) is 19.9. The van der Waals surface area contributed by atoms with E-state index in [0.29, 0.717) is 5.92 Å². The standard InChI is InChI=1S/C21H34.2C2H6/c1-6-11-20(12-7-2)17-15-19(10-5)16-18-21(13-8-3)14-9-4;2*1-2/h6-7,10-12,15,17,19,21H,1,5,8-9,13-14,16,18H2,2-4H3;2*1-2H3/b12-7-,17-15+,20-11+;;. The fourth-order valence-corrected chi connectivity index (χ4v) is 2.70. The van der Waals surface area contributed by atoms with Crippen LogP contribution in [0.15, 0.2) is 61.3 Å². The van der Waals surface area contributed by atoms with E-state index in [2.05, 4.69) is 57.4 Å². The van der Waals surface area contributed by atoms with E-state index < -0.39 is 0 Å². The first kappa shape index (κ1) is 28.5. The molecule has 0 spiro atoms. The molecule has 0 bridgehead atoms. The first-order valence-electron chi connectivity index (χ1n) is 10.5. The molecule has 0 fully saturated rings. The first-order valence-corrected chi connectivity index (χ1v) is 10.5. The van der Waals surface area contributed by atoms with Crippen molar-refractivity contribution in [1.82, 2.24) is 0 Å². The molecule has 0 rings (SSSR count). The largest absolute Gasteiger partial charge is 0.102 e. The van der Waals surface area contributed by atoms with Gasteiger partial charge < -0.3 is 0 Å². The lowest BCUT2D eigenvalue weighted by Gasteiger charge is -2.17. The Hall–Kier alpha value is -1.30. The molecule has 0 heterocycles. The number of hydrogen-bond donors (Lipinski definition) is 0. The van der Waals surface area contributed by atoms with Crippen LogP contribution in [0.2, 0.25) is 0 Å². The van der Waals surface area contributed by atoms with Gasteiger partial charge in [0.1, 0.15) is 0 Å². The molecule has 0 aromatic rings. The lowest BCUT2D eigenvalue weighted by Crippen LogP contribution is -2.03. The van der Waals surface area contributed by atoms with Crippen molar-refractivity contribution in [1.29, 1.82) is 0 Å². The second kappa shape index (κ2) is 24.9. The van der Waals surface area contributed by atoms with E-state index >= 15 is 0 Å². The van der Waals surface area contributed by atoms with Gasteiger partial charge in [0.25, 0.3) is 0 Å². The van der Waals surface area contributed by atoms with Gasteiger partial charge in [0.15, 0.2) is 0 Å². The SMILES string of the molecule is C=C/C=C(\C=C/C)/C=C/C(C=C)CCC(CCC)CCC.CC.CC. The Morgan fingerprint density at radius 3 is 1.80 bits per heavy atom. The summed E-state index contributed by atoms with van der Waals surface area (Å²) >= 11 is 0. The molecule has 146 valence electrons. The van der Waals surface area contributed by atoms with Gasteiger partial charge in [-0.2, -0.15) is 0 Å². The Kier molecular flexibility index (Phi) is 28.4. The zero-order valence-corrected chi connectivity index (χ0v) is 18.4. The highest BCUT2D eigenvalue weighted by atomic mass is 14.1. The van der Waals surface area contributed by atoms with Crippen LogP contribution in [0, 0.1) is 11.8 Å². The molecule has 0 aliphatic rings. The normalized spacial score (nSPS) is 12.4. The second-order valence-corrected chi connectivity index (χ2v) is 5.68. The van der Waals surface area contributed by atoms with E-state index in [-0.39, 0.29) is 0 Å². The molecular weight excluding hydrogens is 300 g/mol. The molecule has 0 aromatic heterocycles. The van der Waals surface area contributed by atoms with Crippen LogP contribution in [0.25, 0.3) is 0 Å². The number of rotatable bonds is 12. The van der Waals surface area contributed by atoms with Crippen molar-refractivity contribution in [2.45, 2.75) is 87.0 Å². The molecule has 0 aromatic carbocycles. The zero-order valence-electron chi connectivity index (χ0n) is 18.4. The monoisotopic (exact) mass is 346 g/mol. The number of hydrogen-bond acceptors (Lipinski definition) is 0. The van der Waals surface area contributed by atoms with Gasteiger partial charge in [-0.25, -0.2) is 0 Å². The van der Waals surface area contributed by atoms with Gasteiger partial charge in [-0.15, -0.1) is 6.58 Å². The molecule has 0 saturated heterocycles. The van der Waals surface area contributed by atoms with Crippen LogP contribution in [0.4, 0.5) is 0 Å². The summed E-state index contributed by atoms with van der Waals surface area (Å²) in [6.07, 6.45) is 22.4. The summed E-state index contributed by atoms with van der Waals surface area (Å²) in [5.41, 5.74) is 1.19. The van der Waals surface area contributed by atoms with Crippen LogP contribution in [0.3, 0.4) is 0 Å². The molecule has 0 aliphatic heterocycles. The summed E-state index contributed by atoms with van der Waals surface area (Å²) in [7, 11) is 0. The van der Waals surface area contributed by atoms with Crippen molar-refractivity contribution < 1.29 is 0 Å². The Bertz CT molecular complexity index is 348. The van der Waals surface area contributed by atoms with Gasteiger partial charge >= 0.3 is 0 Å². The highest BCUT2D eigenvalue weighted by Crippen LogP contribution is 2.23. The van der Waals surface area contributed by atoms with Gasteiger partial charge in [-0.3, -0.25) is 0 Å². The molecule has 0 nitrogen and oxygen atoms in total. The van der Waals surface area contributed by atoms with E-state index in [0.717, 1.165) is 5.92 Å². The van der Waals surface area contributed by atoms with E-state index in [4.69, 9.17) is 0 Å². The van der Waals surface area contributed by atoms with E-state index in [1.54, 1.807) is 0 Å². The van der Waals surface area contributed by atoms with Crippen molar-refractivity contribution in [3.05, 3.63) is 61.3 Å². The smallest absolute Gasteiger partial charge is 0.00527 e. The quantitative estimate of drug-likeness (QED) is 0.244. The fraction of sp³-hybridized carbons (Fsp3) is 0.600. The highest BCUT2D eigenvalue weighted by Gasteiger charge is 2.09. The molecule has 0 aliphatic carbocycles. The molecule has 25 heavy (non-hydrogen) atoms. The average Bonchev–Trinajstić information content (AvgIpc) is 2.65. The van der Waals surface area contributed by atoms with Crippen molar-refractivity contribution >= 4 is 0 Å². The first-order chi connectivity index (χ1) is 12.2. The minimum Gasteiger partial charge on any atom is -0.102 e. The maximum absolute atomic E-state index is 3.99. The third-order valence-electron chi connectivity index (χ3n) is 3.81. The molecule has 0 radical (unpaired) electrons. The average molecular weight is 347 g/mol. The van der Waals surface area contributed by atoms with Gasteiger partial charge in [-0.1, -0.05) is 116 Å². The Morgan fingerprint density at radius 1 is 0.840 bits per heavy atom. The van der Waals surface area contributed by atoms with Crippen LogP contribution in [0.1, 0.15) is 87.0 Å². The van der Waals surface area contributed by atoms with Gasteiger partial charge in [-0.05, 0) is 37.2 Å². The van der Waals surface area contributed by atoms with Crippen molar-refractivity contribution in [3.63, 3.8) is 0 Å². The van der Waals surface area contributed by atoms with E-state index in [1.807, 2.05) is 46.8 Å². The fourth-order valence-electron chi connectivity index (χ4n) is 2.70. The maximum Gasteiger partial charge on any atom is -0.00527 e. The van der Waals surface area contributed by atoms with Gasteiger partial charge in [0.05, 0.1) is 0 Å². The van der Waals surface area contributed by atoms with E-state index in [1.165, 1.54) is 44.1 Å². The predicted octanol–water partition coefficient (Wildman–Crippen LogP) is 9.08. The van der Waals surface area contributed by atoms with Crippen molar-refractivity contribution in [2.75, 3.05) is 0 Å². The summed E-state index contributed by atoms with van der Waals surface area (Å²) in [6.45, 7) is 22.4. The van der Waals surface area contributed by atoms with Crippen LogP contribution < -0.4 is 0 Å². The van der Waals surface area contributed by atoms with Crippen LogP contribution in [0.5, 0.6) is 0 Å². The number of allylic oxidation sites excluding steroid dienone is 8. The van der Waals surface area contributed by atoms with Crippen LogP contribution in [-0.2, 0) is 0 Å². The molecule has 0 N–H and O–H groups in total. The van der Waals surface area contributed by atoms with Crippen molar-refractivity contribution in [2.24, 2.45) is 11.8 Å². The minimum atomic E-state index is 0.472. The molecule has 1 atom stereocenters. The molecule has 1 unspecified atom stereocenters. The molecule has 0 heteroatoms. The summed E-state index contributed by atoms with van der Waals surface area (Å²) in [6, 6.07) is 0. The van der Waals surface area contributed by atoms with Gasteiger partial charge in [0, 0.05) is 0 Å². The molecule has 0 saturated carbocycles. The van der Waals surface area contributed by atoms with E-state index in [9.17, 15) is 0 Å². The highest BCUT2D eigenvalue weighted by molar-refractivity contribution is 5.33. The molecular formula is C25H46. The van der Waals surface area contributed by atoms with Gasteiger partial charge in [0.2, 0.25) is 0 Å². The maximum atomic E-state index is 3.99. The summed E-state index contributed by atoms with van der Waals surface area (Å²) in [4.78, 5) is 0. The van der Waals surface area contributed by atoms with Crippen LogP contribution in [-0.4, -0.2) is 0 Å². The predicted molar refractivity (Wildman–Crippen MR) is 121 cm³/mol. The lowest BCUT2D eigenvalue weighted by molar-refractivity contribution is 0.389. The second-order valence-electron chi connectivity index (χ2n) is 5.68. The lowest BCUT2D eigenvalue weighted by atomic mass is 9.89. The summed E-state index contributed by atoms with van der Waals surface area (Å²) in [5.74, 6) is 1.36. The minimum absolute atomic E-state index is 0.472. The summed E-state index contributed by atoms with van der Waals surface area (Å²) in [5, 5.41) is 0. The molecule has 0 amide bonds. The Labute approximate surface area is 160 Å². The third kappa shape index (κ3) is 18.9. The van der Waals surface area contributed by atoms with Crippen molar-refractivity contribution in [3.8, 4) is 0 Å². The Balaban J connectivity index is -0.00000112. The topological polar surface area (TPSA) is 0 Å². The Morgan fingerprint density at radius 2 is 1.40 bits per heavy atom. The summed E-state index contributed by atoms with van der Waals surface area (Å²) < 4.78 is 0.